The summed E-state index contributed by atoms with van der Waals surface area (Å²) in [7, 11) is 1.95. The molecule has 1 N–H and O–H groups in total. The van der Waals surface area contributed by atoms with Gasteiger partial charge in [-0.25, -0.2) is 0 Å². The molecule has 150 valence electrons. The van der Waals surface area contributed by atoms with E-state index >= 15 is 0 Å². The Labute approximate surface area is 166 Å². The average Bonchev–Trinajstić information content (AvgIpc) is 3.33. The first-order valence-electron chi connectivity index (χ1n) is 9.98. The van der Waals surface area contributed by atoms with E-state index in [1.165, 1.54) is 11.1 Å². The molecule has 3 heterocycles. The summed E-state index contributed by atoms with van der Waals surface area (Å²) in [6, 6.07) is 1.97. The molecule has 2 unspecified atom stereocenters. The zero-order valence-electron chi connectivity index (χ0n) is 16.9. The Morgan fingerprint density at radius 2 is 1.82 bits per heavy atom. The number of aromatic nitrogens is 1. The molecule has 1 aromatic heterocycles. The minimum absolute atomic E-state index is 0.0151. The Hall–Kier alpha value is -2.34. The molecule has 2 atom stereocenters. The highest BCUT2D eigenvalue weighted by molar-refractivity contribution is 5.92. The van der Waals surface area contributed by atoms with Crippen molar-refractivity contribution in [1.82, 2.24) is 14.4 Å². The number of aryl methyl sites for hydroxylation is 1. The maximum absolute atomic E-state index is 12.7. The van der Waals surface area contributed by atoms with Crippen molar-refractivity contribution in [3.63, 3.8) is 0 Å². The highest BCUT2D eigenvalue weighted by Gasteiger charge is 2.48. The Morgan fingerprint density at radius 3 is 2.36 bits per heavy atom. The van der Waals surface area contributed by atoms with Gasteiger partial charge in [0.2, 0.25) is 11.8 Å². The molecule has 0 bridgehead atoms. The van der Waals surface area contributed by atoms with Gasteiger partial charge in [-0.05, 0) is 46.6 Å². The van der Waals surface area contributed by atoms with Gasteiger partial charge in [-0.2, -0.15) is 0 Å². The number of hydrogen-bond donors (Lipinski definition) is 1. The largest absolute Gasteiger partial charge is 0.393 e. The molecule has 1 saturated carbocycles. The standard InChI is InChI=1S/C22H29N3O3/c1-22(2)18(8-19(22)26)9-21(28)25-13-16-11-24(12-17(16)14-25)20(27)5-4-15-6-7-23(3)10-15/h4-7,10,18-19,26H,8-9,11-14H2,1-3H3/b5-4+. The Bertz CT molecular complexity index is 846. The van der Waals surface area contributed by atoms with Gasteiger partial charge in [-0.1, -0.05) is 13.8 Å². The van der Waals surface area contributed by atoms with E-state index in [2.05, 4.69) is 0 Å². The number of nitrogens with zero attached hydrogens (tertiary/aromatic N) is 3. The number of hydrogen-bond acceptors (Lipinski definition) is 3. The fourth-order valence-corrected chi connectivity index (χ4v) is 4.48. The lowest BCUT2D eigenvalue weighted by atomic mass is 9.59. The highest BCUT2D eigenvalue weighted by Crippen LogP contribution is 2.48. The van der Waals surface area contributed by atoms with Crippen molar-refractivity contribution in [3.8, 4) is 0 Å². The van der Waals surface area contributed by atoms with Crippen LogP contribution in [0.5, 0.6) is 0 Å². The summed E-state index contributed by atoms with van der Waals surface area (Å²) in [4.78, 5) is 28.9. The van der Waals surface area contributed by atoms with Gasteiger partial charge in [-0.15, -0.1) is 0 Å². The van der Waals surface area contributed by atoms with Crippen LogP contribution in [0.4, 0.5) is 0 Å². The molecule has 0 radical (unpaired) electrons. The second-order valence-corrected chi connectivity index (χ2v) is 9.07. The number of amides is 2. The van der Waals surface area contributed by atoms with Crippen LogP contribution < -0.4 is 0 Å². The second kappa shape index (κ2) is 6.92. The molecular weight excluding hydrogens is 354 g/mol. The van der Waals surface area contributed by atoms with Crippen LogP contribution in [0.15, 0.2) is 35.7 Å². The third kappa shape index (κ3) is 3.41. The molecule has 1 aromatic rings. The van der Waals surface area contributed by atoms with Gasteiger partial charge in [0, 0.05) is 58.1 Å². The van der Waals surface area contributed by atoms with E-state index in [0.717, 1.165) is 12.0 Å². The van der Waals surface area contributed by atoms with E-state index in [-0.39, 0.29) is 29.3 Å². The molecule has 2 amide bonds. The van der Waals surface area contributed by atoms with E-state index in [4.69, 9.17) is 0 Å². The van der Waals surface area contributed by atoms with E-state index < -0.39 is 0 Å². The number of carbonyl (C=O) groups is 2. The van der Waals surface area contributed by atoms with Gasteiger partial charge in [0.15, 0.2) is 0 Å². The predicted octanol–water partition coefficient (Wildman–Crippen LogP) is 1.82. The number of aliphatic hydroxyl groups is 1. The zero-order chi connectivity index (χ0) is 20.1. The summed E-state index contributed by atoms with van der Waals surface area (Å²) in [5.74, 6) is 0.439. The van der Waals surface area contributed by atoms with Crippen LogP contribution in [0.2, 0.25) is 0 Å². The number of aliphatic hydroxyl groups excluding tert-OH is 1. The average molecular weight is 383 g/mol. The van der Waals surface area contributed by atoms with E-state index in [0.29, 0.717) is 32.6 Å². The molecule has 0 spiro atoms. The monoisotopic (exact) mass is 383 g/mol. The molecule has 3 aliphatic rings. The SMILES string of the molecule is Cn1ccc(/C=C/C(=O)N2CC3=C(C2)CN(C(=O)CC2CC(O)C2(C)C)C3)c1. The lowest BCUT2D eigenvalue weighted by molar-refractivity contribution is -0.142. The highest BCUT2D eigenvalue weighted by atomic mass is 16.3. The molecule has 1 aliphatic carbocycles. The fraction of sp³-hybridized carbons (Fsp3) is 0.545. The summed E-state index contributed by atoms with van der Waals surface area (Å²) in [6.07, 6.45) is 8.32. The Kier molecular flexibility index (Phi) is 4.70. The smallest absolute Gasteiger partial charge is 0.247 e. The third-order valence-electron chi connectivity index (χ3n) is 6.80. The minimum atomic E-state index is -0.296. The topological polar surface area (TPSA) is 65.8 Å². The fourth-order valence-electron chi connectivity index (χ4n) is 4.48. The lowest BCUT2D eigenvalue weighted by Crippen LogP contribution is -2.51. The van der Waals surface area contributed by atoms with Crippen LogP contribution in [0.25, 0.3) is 6.08 Å². The molecule has 0 saturated heterocycles. The van der Waals surface area contributed by atoms with Gasteiger partial charge >= 0.3 is 0 Å². The molecule has 28 heavy (non-hydrogen) atoms. The van der Waals surface area contributed by atoms with Gasteiger partial charge in [0.1, 0.15) is 0 Å². The predicted molar refractivity (Wildman–Crippen MR) is 107 cm³/mol. The molecule has 0 aromatic carbocycles. The van der Waals surface area contributed by atoms with Crippen molar-refractivity contribution >= 4 is 17.9 Å². The number of carbonyl (C=O) groups excluding carboxylic acids is 2. The van der Waals surface area contributed by atoms with Gasteiger partial charge in [0.25, 0.3) is 0 Å². The zero-order valence-corrected chi connectivity index (χ0v) is 16.9. The summed E-state index contributed by atoms with van der Waals surface area (Å²) in [6.45, 7) is 6.57. The van der Waals surface area contributed by atoms with Crippen molar-refractivity contribution in [3.05, 3.63) is 41.2 Å². The van der Waals surface area contributed by atoms with Crippen molar-refractivity contribution in [2.45, 2.75) is 32.8 Å². The summed E-state index contributed by atoms with van der Waals surface area (Å²) in [5, 5.41) is 9.88. The maximum atomic E-state index is 12.7. The van der Waals surface area contributed by atoms with Crippen molar-refractivity contribution in [2.24, 2.45) is 18.4 Å². The van der Waals surface area contributed by atoms with Gasteiger partial charge in [0.05, 0.1) is 6.10 Å². The summed E-state index contributed by atoms with van der Waals surface area (Å²) < 4.78 is 1.95. The van der Waals surface area contributed by atoms with Crippen molar-refractivity contribution in [1.29, 1.82) is 0 Å². The first-order valence-corrected chi connectivity index (χ1v) is 9.98. The van der Waals surface area contributed by atoms with E-state index in [1.54, 1.807) is 6.08 Å². The maximum Gasteiger partial charge on any atom is 0.247 e. The first kappa shape index (κ1) is 19.0. The molecular formula is C22H29N3O3. The molecule has 2 aliphatic heterocycles. The van der Waals surface area contributed by atoms with Crippen LogP contribution in [-0.4, -0.2) is 63.6 Å². The second-order valence-electron chi connectivity index (χ2n) is 9.07. The molecule has 1 fully saturated rings. The third-order valence-corrected chi connectivity index (χ3v) is 6.80. The summed E-state index contributed by atoms with van der Waals surface area (Å²) >= 11 is 0. The van der Waals surface area contributed by atoms with Crippen molar-refractivity contribution in [2.75, 3.05) is 26.2 Å². The first-order chi connectivity index (χ1) is 13.2. The van der Waals surface area contributed by atoms with Crippen LogP contribution >= 0.6 is 0 Å². The summed E-state index contributed by atoms with van der Waals surface area (Å²) in [5.41, 5.74) is 3.27. The van der Waals surface area contributed by atoms with Crippen LogP contribution in [0, 0.1) is 11.3 Å². The Balaban J connectivity index is 1.27. The Morgan fingerprint density at radius 1 is 1.18 bits per heavy atom. The molecule has 4 rings (SSSR count). The van der Waals surface area contributed by atoms with E-state index in [9.17, 15) is 14.7 Å². The van der Waals surface area contributed by atoms with E-state index in [1.807, 2.05) is 59.8 Å². The molecule has 6 nitrogen and oxygen atoms in total. The van der Waals surface area contributed by atoms with Crippen LogP contribution in [0.3, 0.4) is 0 Å². The minimum Gasteiger partial charge on any atom is -0.393 e. The van der Waals surface area contributed by atoms with Crippen LogP contribution in [0.1, 0.15) is 32.3 Å². The van der Waals surface area contributed by atoms with Gasteiger partial charge in [-0.3, -0.25) is 9.59 Å². The van der Waals surface area contributed by atoms with Gasteiger partial charge < -0.3 is 19.5 Å². The molecule has 6 heteroatoms. The normalized spacial score (nSPS) is 26.1. The van der Waals surface area contributed by atoms with Crippen LogP contribution in [-0.2, 0) is 16.6 Å². The lowest BCUT2D eigenvalue weighted by Gasteiger charge is -2.49. The quantitative estimate of drug-likeness (QED) is 0.637. The van der Waals surface area contributed by atoms with Crippen molar-refractivity contribution < 1.29 is 14.7 Å². The number of rotatable bonds is 4.